The van der Waals surface area contributed by atoms with Crippen LogP contribution in [0.15, 0.2) is 34.7 Å². The molecule has 0 saturated heterocycles. The number of benzene rings is 1. The second-order valence-electron chi connectivity index (χ2n) is 6.54. The van der Waals surface area contributed by atoms with Crippen molar-refractivity contribution in [3.05, 3.63) is 64.6 Å². The maximum atomic E-state index is 12.8. The standard InChI is InChI=1S/C20H25N5O2/c1-5-18-21-22-19(27-18)13-24(6-2)20(26)17-9-7-16(8-10-17)12-25-15(4)11-14(3)23-25/h7-11H,5-6,12-13H2,1-4H3. The van der Waals surface area contributed by atoms with Crippen LogP contribution in [0.2, 0.25) is 0 Å². The number of hydrogen-bond acceptors (Lipinski definition) is 5. The normalized spacial score (nSPS) is 11.0. The molecule has 0 fully saturated rings. The van der Waals surface area contributed by atoms with E-state index >= 15 is 0 Å². The maximum absolute atomic E-state index is 12.8. The van der Waals surface area contributed by atoms with Crippen molar-refractivity contribution in [1.82, 2.24) is 24.9 Å². The molecule has 142 valence electrons. The molecule has 0 spiro atoms. The fourth-order valence-corrected chi connectivity index (χ4v) is 2.93. The van der Waals surface area contributed by atoms with Crippen molar-refractivity contribution in [1.29, 1.82) is 0 Å². The van der Waals surface area contributed by atoms with Gasteiger partial charge in [-0.15, -0.1) is 10.2 Å². The minimum Gasteiger partial charge on any atom is -0.423 e. The number of carbonyl (C=O) groups is 1. The number of aryl methyl sites for hydroxylation is 3. The van der Waals surface area contributed by atoms with E-state index in [-0.39, 0.29) is 5.91 Å². The molecule has 3 rings (SSSR count). The number of carbonyl (C=O) groups excluding carboxylic acids is 1. The van der Waals surface area contributed by atoms with Gasteiger partial charge in [0.25, 0.3) is 5.91 Å². The van der Waals surface area contributed by atoms with Crippen molar-refractivity contribution in [2.45, 2.75) is 47.2 Å². The largest absolute Gasteiger partial charge is 0.423 e. The smallest absolute Gasteiger partial charge is 0.254 e. The summed E-state index contributed by atoms with van der Waals surface area (Å²) in [4.78, 5) is 14.5. The van der Waals surface area contributed by atoms with E-state index in [4.69, 9.17) is 4.42 Å². The molecule has 0 aliphatic carbocycles. The van der Waals surface area contributed by atoms with Crippen LogP contribution in [-0.4, -0.2) is 37.3 Å². The lowest BCUT2D eigenvalue weighted by atomic mass is 10.1. The van der Waals surface area contributed by atoms with Gasteiger partial charge < -0.3 is 9.32 Å². The number of hydrogen-bond donors (Lipinski definition) is 0. The van der Waals surface area contributed by atoms with Crippen LogP contribution >= 0.6 is 0 Å². The first kappa shape index (κ1) is 18.8. The third-order valence-electron chi connectivity index (χ3n) is 4.44. The van der Waals surface area contributed by atoms with Crippen molar-refractivity contribution in [2.24, 2.45) is 0 Å². The Morgan fingerprint density at radius 1 is 1.11 bits per heavy atom. The van der Waals surface area contributed by atoms with Crippen LogP contribution in [0.3, 0.4) is 0 Å². The molecule has 27 heavy (non-hydrogen) atoms. The van der Waals surface area contributed by atoms with E-state index < -0.39 is 0 Å². The van der Waals surface area contributed by atoms with Gasteiger partial charge in [0.2, 0.25) is 11.8 Å². The van der Waals surface area contributed by atoms with Crippen LogP contribution in [0.25, 0.3) is 0 Å². The quantitative estimate of drug-likeness (QED) is 0.641. The molecule has 0 N–H and O–H groups in total. The highest BCUT2D eigenvalue weighted by Crippen LogP contribution is 2.13. The summed E-state index contributed by atoms with van der Waals surface area (Å²) in [5, 5.41) is 12.4. The Labute approximate surface area is 159 Å². The van der Waals surface area contributed by atoms with Crippen LogP contribution in [-0.2, 0) is 19.5 Å². The summed E-state index contributed by atoms with van der Waals surface area (Å²) in [6.07, 6.45) is 0.684. The summed E-state index contributed by atoms with van der Waals surface area (Å²) in [5.74, 6) is 0.997. The van der Waals surface area contributed by atoms with Gasteiger partial charge in [-0.25, -0.2) is 0 Å². The van der Waals surface area contributed by atoms with Crippen LogP contribution in [0.4, 0.5) is 0 Å². The third-order valence-corrected chi connectivity index (χ3v) is 4.44. The van der Waals surface area contributed by atoms with E-state index in [1.807, 2.05) is 56.6 Å². The number of nitrogens with zero attached hydrogens (tertiary/aromatic N) is 5. The predicted molar refractivity (Wildman–Crippen MR) is 101 cm³/mol. The Kier molecular flexibility index (Phi) is 5.69. The molecule has 2 aromatic heterocycles. The Balaban J connectivity index is 1.68. The van der Waals surface area contributed by atoms with Gasteiger partial charge in [-0.3, -0.25) is 9.48 Å². The van der Waals surface area contributed by atoms with Crippen molar-refractivity contribution < 1.29 is 9.21 Å². The lowest BCUT2D eigenvalue weighted by Gasteiger charge is -2.19. The molecule has 0 atom stereocenters. The summed E-state index contributed by atoms with van der Waals surface area (Å²) in [5.41, 5.74) is 3.87. The van der Waals surface area contributed by atoms with Gasteiger partial charge >= 0.3 is 0 Å². The Bertz CT molecular complexity index is 911. The average molecular weight is 367 g/mol. The Hall–Kier alpha value is -2.96. The highest BCUT2D eigenvalue weighted by Gasteiger charge is 2.17. The molecule has 2 heterocycles. The molecule has 0 bridgehead atoms. The van der Waals surface area contributed by atoms with E-state index in [1.165, 1.54) is 0 Å². The fraction of sp³-hybridized carbons (Fsp3) is 0.400. The molecule has 7 heteroatoms. The van der Waals surface area contributed by atoms with Crippen molar-refractivity contribution in [3.8, 4) is 0 Å². The van der Waals surface area contributed by atoms with Crippen molar-refractivity contribution in [3.63, 3.8) is 0 Å². The molecule has 0 aliphatic rings. The minimum atomic E-state index is -0.0496. The van der Waals surface area contributed by atoms with E-state index in [2.05, 4.69) is 21.4 Å². The second-order valence-corrected chi connectivity index (χ2v) is 6.54. The van der Waals surface area contributed by atoms with Crippen molar-refractivity contribution >= 4 is 5.91 Å². The summed E-state index contributed by atoms with van der Waals surface area (Å²) < 4.78 is 7.49. The topological polar surface area (TPSA) is 77.1 Å². The third kappa shape index (κ3) is 4.42. The first-order valence-corrected chi connectivity index (χ1v) is 9.20. The van der Waals surface area contributed by atoms with E-state index in [9.17, 15) is 4.79 Å². The first-order chi connectivity index (χ1) is 13.0. The highest BCUT2D eigenvalue weighted by molar-refractivity contribution is 5.94. The number of aromatic nitrogens is 4. The van der Waals surface area contributed by atoms with Gasteiger partial charge in [0.1, 0.15) is 0 Å². The van der Waals surface area contributed by atoms with Gasteiger partial charge in [0.05, 0.1) is 18.8 Å². The molecular formula is C20H25N5O2. The predicted octanol–water partition coefficient (Wildman–Crippen LogP) is 3.16. The van der Waals surface area contributed by atoms with Crippen LogP contribution < -0.4 is 0 Å². The summed E-state index contributed by atoms with van der Waals surface area (Å²) in [6.45, 7) is 9.48. The molecule has 3 aromatic rings. The molecule has 0 radical (unpaired) electrons. The van der Waals surface area contributed by atoms with Gasteiger partial charge in [0.15, 0.2) is 0 Å². The zero-order valence-corrected chi connectivity index (χ0v) is 16.3. The zero-order chi connectivity index (χ0) is 19.4. The molecule has 0 saturated carbocycles. The van der Waals surface area contributed by atoms with Crippen LogP contribution in [0.5, 0.6) is 0 Å². The summed E-state index contributed by atoms with van der Waals surface area (Å²) in [6, 6.07) is 9.71. The van der Waals surface area contributed by atoms with Gasteiger partial charge in [-0.2, -0.15) is 5.10 Å². The van der Waals surface area contributed by atoms with Crippen molar-refractivity contribution in [2.75, 3.05) is 6.54 Å². The lowest BCUT2D eigenvalue weighted by Crippen LogP contribution is -2.30. The van der Waals surface area contributed by atoms with Gasteiger partial charge in [-0.1, -0.05) is 19.1 Å². The Morgan fingerprint density at radius 2 is 1.81 bits per heavy atom. The lowest BCUT2D eigenvalue weighted by molar-refractivity contribution is 0.0737. The number of rotatable bonds is 7. The molecule has 0 unspecified atom stereocenters. The zero-order valence-electron chi connectivity index (χ0n) is 16.3. The molecule has 1 aromatic carbocycles. The summed E-state index contributed by atoms with van der Waals surface area (Å²) in [7, 11) is 0. The van der Waals surface area contributed by atoms with E-state index in [1.54, 1.807) is 4.90 Å². The molecule has 0 aliphatic heterocycles. The van der Waals surface area contributed by atoms with Gasteiger partial charge in [-0.05, 0) is 44.5 Å². The molecular weight excluding hydrogens is 342 g/mol. The highest BCUT2D eigenvalue weighted by atomic mass is 16.4. The van der Waals surface area contributed by atoms with Gasteiger partial charge in [0, 0.05) is 24.2 Å². The molecule has 1 amide bonds. The van der Waals surface area contributed by atoms with E-state index in [0.717, 1.165) is 17.0 Å². The second kappa shape index (κ2) is 8.16. The first-order valence-electron chi connectivity index (χ1n) is 9.20. The average Bonchev–Trinajstić information content (AvgIpc) is 3.25. The molecule has 7 nitrogen and oxygen atoms in total. The maximum Gasteiger partial charge on any atom is 0.254 e. The van der Waals surface area contributed by atoms with E-state index in [0.29, 0.717) is 43.4 Å². The number of amides is 1. The minimum absolute atomic E-state index is 0.0496. The van der Waals surface area contributed by atoms with Crippen LogP contribution in [0, 0.1) is 13.8 Å². The Morgan fingerprint density at radius 3 is 2.37 bits per heavy atom. The monoisotopic (exact) mass is 367 g/mol. The fourth-order valence-electron chi connectivity index (χ4n) is 2.93. The van der Waals surface area contributed by atoms with Crippen LogP contribution in [0.1, 0.15) is 52.9 Å². The SMILES string of the molecule is CCc1nnc(CN(CC)C(=O)c2ccc(Cn3nc(C)cc3C)cc2)o1. The summed E-state index contributed by atoms with van der Waals surface area (Å²) >= 11 is 0.